The number of nitrogens with two attached hydrogens (primary N) is 1. The van der Waals surface area contributed by atoms with E-state index < -0.39 is 36.9 Å². The molecule has 0 aliphatic rings. The topological polar surface area (TPSA) is 114 Å². The second-order valence-electron chi connectivity index (χ2n) is 5.01. The Morgan fingerprint density at radius 2 is 1.78 bits per heavy atom. The van der Waals surface area contributed by atoms with Crippen LogP contribution in [-0.4, -0.2) is 38.7 Å². The van der Waals surface area contributed by atoms with Crippen LogP contribution in [0.2, 0.25) is 0 Å². The molecule has 0 aliphatic carbocycles. The van der Waals surface area contributed by atoms with Gasteiger partial charge in [0.2, 0.25) is 0 Å². The lowest BCUT2D eigenvalue weighted by molar-refractivity contribution is -0.147. The largest absolute Gasteiger partial charge is 0.479 e. The number of para-hydroxylation sites is 1. The van der Waals surface area contributed by atoms with Gasteiger partial charge in [0.1, 0.15) is 22.0 Å². The molecule has 10 heteroatoms. The fourth-order valence-electron chi connectivity index (χ4n) is 2.10. The molecule has 27 heavy (non-hydrogen) atoms. The lowest BCUT2D eigenvalue weighted by atomic mass is 10.1. The highest BCUT2D eigenvalue weighted by molar-refractivity contribution is 7.18. The standard InChI is InChI=1S/C17H16FNO7S/c1-23-16(21)13-9(14(17(22)24-2)27-15(13)19)7-26-12(20)8-25-11-6-4-3-5-10(11)18/h3-6H,7-8,19H2,1-2H3. The fraction of sp³-hybridized carbons (Fsp3) is 0.235. The molecule has 0 aliphatic heterocycles. The number of nitrogen functional groups attached to an aromatic ring is 1. The average Bonchev–Trinajstić information content (AvgIpc) is 3.00. The lowest BCUT2D eigenvalue weighted by Crippen LogP contribution is -2.17. The van der Waals surface area contributed by atoms with E-state index in [1.165, 1.54) is 18.2 Å². The zero-order valence-electron chi connectivity index (χ0n) is 14.4. The van der Waals surface area contributed by atoms with E-state index in [1.54, 1.807) is 6.07 Å². The van der Waals surface area contributed by atoms with Crippen molar-refractivity contribution in [3.63, 3.8) is 0 Å². The van der Waals surface area contributed by atoms with Crippen LogP contribution in [0.3, 0.4) is 0 Å². The number of methoxy groups -OCH3 is 2. The summed E-state index contributed by atoms with van der Waals surface area (Å²) in [6.07, 6.45) is 0. The van der Waals surface area contributed by atoms with Crippen molar-refractivity contribution in [3.05, 3.63) is 46.1 Å². The Bertz CT molecular complexity index is 865. The number of ether oxygens (including phenoxy) is 4. The zero-order valence-corrected chi connectivity index (χ0v) is 15.3. The van der Waals surface area contributed by atoms with Crippen LogP contribution in [0.5, 0.6) is 5.75 Å². The maximum Gasteiger partial charge on any atom is 0.348 e. The molecule has 0 radical (unpaired) electrons. The summed E-state index contributed by atoms with van der Waals surface area (Å²) in [5.41, 5.74) is 5.76. The molecule has 0 bridgehead atoms. The molecule has 0 unspecified atom stereocenters. The van der Waals surface area contributed by atoms with Gasteiger partial charge in [-0.05, 0) is 12.1 Å². The Hall–Kier alpha value is -3.14. The Morgan fingerprint density at radius 1 is 1.11 bits per heavy atom. The molecule has 0 fully saturated rings. The highest BCUT2D eigenvalue weighted by Crippen LogP contribution is 2.33. The van der Waals surface area contributed by atoms with Crippen molar-refractivity contribution >= 4 is 34.2 Å². The molecule has 1 heterocycles. The minimum absolute atomic E-state index is 0.0122. The molecule has 0 saturated heterocycles. The maximum absolute atomic E-state index is 13.5. The van der Waals surface area contributed by atoms with Gasteiger partial charge in [0, 0.05) is 5.56 Å². The van der Waals surface area contributed by atoms with Crippen molar-refractivity contribution in [2.24, 2.45) is 0 Å². The monoisotopic (exact) mass is 397 g/mol. The Balaban J connectivity index is 2.11. The fourth-order valence-corrected chi connectivity index (χ4v) is 3.08. The van der Waals surface area contributed by atoms with E-state index >= 15 is 0 Å². The highest BCUT2D eigenvalue weighted by atomic mass is 32.1. The van der Waals surface area contributed by atoms with E-state index in [1.807, 2.05) is 0 Å². The number of esters is 3. The normalized spacial score (nSPS) is 10.2. The van der Waals surface area contributed by atoms with Crippen molar-refractivity contribution < 1.29 is 37.7 Å². The zero-order chi connectivity index (χ0) is 20.0. The minimum Gasteiger partial charge on any atom is -0.479 e. The molecule has 1 aromatic carbocycles. The van der Waals surface area contributed by atoms with E-state index in [0.717, 1.165) is 25.6 Å². The van der Waals surface area contributed by atoms with E-state index in [9.17, 15) is 18.8 Å². The molecule has 1 aromatic heterocycles. The number of hydrogen-bond acceptors (Lipinski definition) is 9. The van der Waals surface area contributed by atoms with Gasteiger partial charge in [0.05, 0.1) is 14.2 Å². The molecule has 2 rings (SSSR count). The third kappa shape index (κ3) is 4.73. The Morgan fingerprint density at radius 3 is 2.41 bits per heavy atom. The first-order chi connectivity index (χ1) is 12.9. The first kappa shape index (κ1) is 20.2. The van der Waals surface area contributed by atoms with Crippen LogP contribution in [0.15, 0.2) is 24.3 Å². The Kier molecular flexibility index (Phi) is 6.72. The van der Waals surface area contributed by atoms with Crippen LogP contribution >= 0.6 is 11.3 Å². The molecular formula is C17H16FNO7S. The SMILES string of the molecule is COC(=O)c1sc(N)c(C(=O)OC)c1COC(=O)COc1ccccc1F. The summed E-state index contributed by atoms with van der Waals surface area (Å²) >= 11 is 0.811. The number of thiophene rings is 1. The van der Waals surface area contributed by atoms with Crippen molar-refractivity contribution in [2.75, 3.05) is 26.6 Å². The second-order valence-corrected chi connectivity index (χ2v) is 6.06. The van der Waals surface area contributed by atoms with Crippen LogP contribution < -0.4 is 10.5 Å². The van der Waals surface area contributed by atoms with Crippen LogP contribution in [0.4, 0.5) is 9.39 Å². The van der Waals surface area contributed by atoms with Crippen LogP contribution in [-0.2, 0) is 25.6 Å². The van der Waals surface area contributed by atoms with Crippen molar-refractivity contribution in [2.45, 2.75) is 6.61 Å². The summed E-state index contributed by atoms with van der Waals surface area (Å²) in [5.74, 6) is -3.10. The van der Waals surface area contributed by atoms with Gasteiger partial charge in [-0.25, -0.2) is 18.8 Å². The van der Waals surface area contributed by atoms with Gasteiger partial charge in [-0.2, -0.15) is 0 Å². The van der Waals surface area contributed by atoms with E-state index in [2.05, 4.69) is 9.47 Å². The molecule has 2 N–H and O–H groups in total. The second kappa shape index (κ2) is 8.99. The van der Waals surface area contributed by atoms with Gasteiger partial charge in [-0.3, -0.25) is 0 Å². The third-order valence-electron chi connectivity index (χ3n) is 3.35. The van der Waals surface area contributed by atoms with Gasteiger partial charge in [0.25, 0.3) is 0 Å². The van der Waals surface area contributed by atoms with Gasteiger partial charge in [-0.1, -0.05) is 12.1 Å². The Labute approximate surface area is 157 Å². The first-order valence-electron chi connectivity index (χ1n) is 7.49. The third-order valence-corrected chi connectivity index (χ3v) is 4.40. The summed E-state index contributed by atoms with van der Waals surface area (Å²) in [7, 11) is 2.31. The van der Waals surface area contributed by atoms with Crippen molar-refractivity contribution in [3.8, 4) is 5.75 Å². The van der Waals surface area contributed by atoms with Crippen LogP contribution in [0, 0.1) is 5.82 Å². The molecule has 0 spiro atoms. The molecular weight excluding hydrogens is 381 g/mol. The first-order valence-corrected chi connectivity index (χ1v) is 8.31. The highest BCUT2D eigenvalue weighted by Gasteiger charge is 2.28. The molecule has 144 valence electrons. The number of hydrogen-bond donors (Lipinski definition) is 1. The molecule has 0 saturated carbocycles. The summed E-state index contributed by atoms with van der Waals surface area (Å²) in [6.45, 7) is -1.01. The molecule has 0 amide bonds. The number of carbonyl (C=O) groups is 3. The van der Waals surface area contributed by atoms with Crippen LogP contribution in [0.25, 0.3) is 0 Å². The number of benzene rings is 1. The predicted molar refractivity (Wildman–Crippen MR) is 93.1 cm³/mol. The summed E-state index contributed by atoms with van der Waals surface area (Å²) in [6, 6.07) is 5.56. The molecule has 0 atom stereocenters. The smallest absolute Gasteiger partial charge is 0.348 e. The maximum atomic E-state index is 13.5. The van der Waals surface area contributed by atoms with Gasteiger partial charge in [0.15, 0.2) is 18.2 Å². The van der Waals surface area contributed by atoms with Crippen molar-refractivity contribution in [1.82, 2.24) is 0 Å². The quantitative estimate of drug-likeness (QED) is 0.558. The lowest BCUT2D eigenvalue weighted by Gasteiger charge is -2.09. The summed E-state index contributed by atoms with van der Waals surface area (Å²) < 4.78 is 32.8. The average molecular weight is 397 g/mol. The number of rotatable bonds is 7. The van der Waals surface area contributed by atoms with E-state index in [0.29, 0.717) is 0 Å². The van der Waals surface area contributed by atoms with E-state index in [4.69, 9.17) is 15.2 Å². The van der Waals surface area contributed by atoms with Gasteiger partial charge < -0.3 is 24.7 Å². The van der Waals surface area contributed by atoms with Crippen LogP contribution in [0.1, 0.15) is 25.6 Å². The van der Waals surface area contributed by atoms with Gasteiger partial charge >= 0.3 is 17.9 Å². The predicted octanol–water partition coefficient (Wildman–Crippen LogP) is 2.16. The molecule has 8 nitrogen and oxygen atoms in total. The summed E-state index contributed by atoms with van der Waals surface area (Å²) in [4.78, 5) is 35.7. The molecule has 2 aromatic rings. The number of halogens is 1. The number of anilines is 1. The number of carbonyl (C=O) groups excluding carboxylic acids is 3. The summed E-state index contributed by atoms with van der Waals surface area (Å²) in [5, 5.41) is 0.0240. The van der Waals surface area contributed by atoms with Gasteiger partial charge in [-0.15, -0.1) is 11.3 Å². The minimum atomic E-state index is -0.838. The van der Waals surface area contributed by atoms with E-state index in [-0.39, 0.29) is 26.8 Å². The van der Waals surface area contributed by atoms with Crippen molar-refractivity contribution in [1.29, 1.82) is 0 Å².